The van der Waals surface area contributed by atoms with Gasteiger partial charge in [-0.1, -0.05) is 0 Å². The molecule has 0 aliphatic carbocycles. The molecule has 8 nitrogen and oxygen atoms in total. The predicted octanol–water partition coefficient (Wildman–Crippen LogP) is 3.18. The Morgan fingerprint density at radius 2 is 1.65 bits per heavy atom. The van der Waals surface area contributed by atoms with E-state index in [0.717, 1.165) is 6.07 Å². The van der Waals surface area contributed by atoms with Crippen LogP contribution in [-0.4, -0.2) is 54.5 Å². The SMILES string of the molecule is COc1cc(OC)c(F)c(-c2nc(N3CC(C)OC(C)C3)c3cc(N)ncc3n2)c1F. The van der Waals surface area contributed by atoms with Gasteiger partial charge < -0.3 is 24.8 Å². The Kier molecular flexibility index (Phi) is 5.48. The van der Waals surface area contributed by atoms with E-state index in [9.17, 15) is 0 Å². The standard InChI is InChI=1S/C21H23F2N5O3/c1-10-8-28(9-11(2)31-10)21-12-5-16(24)25-7-13(12)26-20(27-21)17-18(22)14(29-3)6-15(30-4)19(17)23/h5-7,10-11H,8-9H2,1-4H3,(H2,24,25). The molecule has 3 heterocycles. The number of morpholine rings is 1. The van der Waals surface area contributed by atoms with Gasteiger partial charge in [0.15, 0.2) is 29.0 Å². The maximum Gasteiger partial charge on any atom is 0.179 e. The van der Waals surface area contributed by atoms with Crippen LogP contribution in [0, 0.1) is 11.6 Å². The van der Waals surface area contributed by atoms with Crippen molar-refractivity contribution in [1.29, 1.82) is 0 Å². The van der Waals surface area contributed by atoms with E-state index in [2.05, 4.69) is 15.0 Å². The first kappa shape index (κ1) is 21.0. The molecule has 0 amide bonds. The molecule has 4 rings (SSSR count). The molecule has 1 saturated heterocycles. The summed E-state index contributed by atoms with van der Waals surface area (Å²) in [4.78, 5) is 15.0. The molecule has 2 atom stereocenters. The number of nitrogens with two attached hydrogens (primary N) is 1. The van der Waals surface area contributed by atoms with Gasteiger partial charge in [-0.3, -0.25) is 0 Å². The van der Waals surface area contributed by atoms with Crippen LogP contribution < -0.4 is 20.1 Å². The number of benzene rings is 1. The van der Waals surface area contributed by atoms with Gasteiger partial charge in [-0.25, -0.2) is 23.7 Å². The first-order chi connectivity index (χ1) is 14.8. The summed E-state index contributed by atoms with van der Waals surface area (Å²) in [6.45, 7) is 5.00. The molecule has 3 aromatic rings. The van der Waals surface area contributed by atoms with E-state index in [1.165, 1.54) is 20.4 Å². The summed E-state index contributed by atoms with van der Waals surface area (Å²) in [6, 6.07) is 2.79. The van der Waals surface area contributed by atoms with Gasteiger partial charge in [-0.15, -0.1) is 0 Å². The smallest absolute Gasteiger partial charge is 0.179 e. The Morgan fingerprint density at radius 1 is 1.03 bits per heavy atom. The number of anilines is 2. The summed E-state index contributed by atoms with van der Waals surface area (Å²) in [5.74, 6) is -1.55. The fourth-order valence-corrected chi connectivity index (χ4v) is 3.82. The maximum absolute atomic E-state index is 15.1. The van der Waals surface area contributed by atoms with E-state index in [1.807, 2.05) is 18.7 Å². The zero-order chi connectivity index (χ0) is 22.3. The Hall–Kier alpha value is -3.27. The van der Waals surface area contributed by atoms with E-state index in [4.69, 9.17) is 19.9 Å². The number of nitrogen functional groups attached to an aromatic ring is 1. The van der Waals surface area contributed by atoms with Gasteiger partial charge in [0.1, 0.15) is 11.6 Å². The zero-order valence-corrected chi connectivity index (χ0v) is 17.6. The van der Waals surface area contributed by atoms with Gasteiger partial charge in [-0.05, 0) is 19.9 Å². The van der Waals surface area contributed by atoms with Crippen LogP contribution in [0.2, 0.25) is 0 Å². The number of fused-ring (bicyclic) bond motifs is 1. The summed E-state index contributed by atoms with van der Waals surface area (Å²) in [7, 11) is 2.57. The summed E-state index contributed by atoms with van der Waals surface area (Å²) in [5, 5.41) is 0.633. The third kappa shape index (κ3) is 3.78. The number of pyridine rings is 1. The highest BCUT2D eigenvalue weighted by molar-refractivity contribution is 5.92. The minimum atomic E-state index is -0.918. The lowest BCUT2D eigenvalue weighted by molar-refractivity contribution is -0.00536. The van der Waals surface area contributed by atoms with Crippen molar-refractivity contribution >= 4 is 22.5 Å². The van der Waals surface area contributed by atoms with Crippen LogP contribution in [0.15, 0.2) is 18.3 Å². The van der Waals surface area contributed by atoms with Crippen LogP contribution in [0.4, 0.5) is 20.4 Å². The fourth-order valence-electron chi connectivity index (χ4n) is 3.82. The largest absolute Gasteiger partial charge is 0.494 e. The van der Waals surface area contributed by atoms with Crippen molar-refractivity contribution in [3.8, 4) is 22.9 Å². The number of methoxy groups -OCH3 is 2. The van der Waals surface area contributed by atoms with Gasteiger partial charge in [0.2, 0.25) is 0 Å². The van der Waals surface area contributed by atoms with Crippen molar-refractivity contribution in [2.45, 2.75) is 26.1 Å². The number of aromatic nitrogens is 3. The molecule has 0 radical (unpaired) electrons. The molecular formula is C21H23F2N5O3. The lowest BCUT2D eigenvalue weighted by atomic mass is 10.1. The minimum Gasteiger partial charge on any atom is -0.494 e. The van der Waals surface area contributed by atoms with Crippen molar-refractivity contribution in [1.82, 2.24) is 15.0 Å². The summed E-state index contributed by atoms with van der Waals surface area (Å²) < 4.78 is 46.2. The monoisotopic (exact) mass is 431 g/mol. The molecular weight excluding hydrogens is 408 g/mol. The molecule has 1 aromatic carbocycles. The van der Waals surface area contributed by atoms with Gasteiger partial charge in [0.25, 0.3) is 0 Å². The third-order valence-corrected chi connectivity index (χ3v) is 5.10. The topological polar surface area (TPSA) is 95.6 Å². The molecule has 0 saturated carbocycles. The Labute approximate surface area is 178 Å². The van der Waals surface area contributed by atoms with Crippen LogP contribution in [0.25, 0.3) is 22.3 Å². The summed E-state index contributed by atoms with van der Waals surface area (Å²) >= 11 is 0. The molecule has 0 spiro atoms. The molecule has 31 heavy (non-hydrogen) atoms. The quantitative estimate of drug-likeness (QED) is 0.673. The molecule has 1 fully saturated rings. The average molecular weight is 431 g/mol. The highest BCUT2D eigenvalue weighted by Gasteiger charge is 2.28. The molecule has 2 unspecified atom stereocenters. The van der Waals surface area contributed by atoms with Crippen LogP contribution in [0.1, 0.15) is 13.8 Å². The summed E-state index contributed by atoms with van der Waals surface area (Å²) in [6.07, 6.45) is 1.35. The Bertz CT molecular complexity index is 1110. The van der Waals surface area contributed by atoms with Gasteiger partial charge in [0, 0.05) is 24.5 Å². The molecule has 2 N–H and O–H groups in total. The lowest BCUT2D eigenvalue weighted by Gasteiger charge is -2.36. The Morgan fingerprint density at radius 3 is 2.23 bits per heavy atom. The van der Waals surface area contributed by atoms with Crippen LogP contribution >= 0.6 is 0 Å². The Balaban J connectivity index is 1.98. The van der Waals surface area contributed by atoms with E-state index in [0.29, 0.717) is 35.6 Å². The van der Waals surface area contributed by atoms with E-state index in [1.54, 1.807) is 6.07 Å². The van der Waals surface area contributed by atoms with Gasteiger partial charge in [-0.2, -0.15) is 0 Å². The molecule has 10 heteroatoms. The second-order valence-corrected chi connectivity index (χ2v) is 7.44. The number of hydrogen-bond donors (Lipinski definition) is 1. The lowest BCUT2D eigenvalue weighted by Crippen LogP contribution is -2.46. The predicted molar refractivity (Wildman–Crippen MR) is 112 cm³/mol. The molecule has 1 aliphatic rings. The second kappa shape index (κ2) is 8.10. The molecule has 164 valence electrons. The number of rotatable bonds is 4. The van der Waals surface area contributed by atoms with Crippen molar-refractivity contribution < 1.29 is 23.0 Å². The second-order valence-electron chi connectivity index (χ2n) is 7.44. The van der Waals surface area contributed by atoms with Crippen molar-refractivity contribution in [3.05, 3.63) is 30.0 Å². The normalized spacial score (nSPS) is 19.0. The maximum atomic E-state index is 15.1. The van der Waals surface area contributed by atoms with Crippen LogP contribution in [-0.2, 0) is 4.74 Å². The minimum absolute atomic E-state index is 0.0539. The number of halogens is 2. The van der Waals surface area contributed by atoms with Crippen LogP contribution in [0.3, 0.4) is 0 Å². The molecule has 0 bridgehead atoms. The fraction of sp³-hybridized carbons (Fsp3) is 0.381. The van der Waals surface area contributed by atoms with E-state index < -0.39 is 17.2 Å². The third-order valence-electron chi connectivity index (χ3n) is 5.10. The number of nitrogens with zero attached hydrogens (tertiary/aromatic N) is 4. The summed E-state index contributed by atoms with van der Waals surface area (Å²) in [5.41, 5.74) is 5.85. The van der Waals surface area contributed by atoms with Crippen molar-refractivity contribution in [3.63, 3.8) is 0 Å². The van der Waals surface area contributed by atoms with Crippen molar-refractivity contribution in [2.75, 3.05) is 37.9 Å². The first-order valence-electron chi connectivity index (χ1n) is 9.76. The molecule has 2 aromatic heterocycles. The van der Waals surface area contributed by atoms with Crippen LogP contribution in [0.5, 0.6) is 11.5 Å². The highest BCUT2D eigenvalue weighted by Crippen LogP contribution is 2.38. The molecule has 1 aliphatic heterocycles. The number of ether oxygens (including phenoxy) is 3. The van der Waals surface area contributed by atoms with E-state index >= 15 is 8.78 Å². The van der Waals surface area contributed by atoms with Crippen molar-refractivity contribution in [2.24, 2.45) is 0 Å². The average Bonchev–Trinajstić information content (AvgIpc) is 2.73. The van der Waals surface area contributed by atoms with E-state index in [-0.39, 0.29) is 29.5 Å². The highest BCUT2D eigenvalue weighted by atomic mass is 19.1. The van der Waals surface area contributed by atoms with Gasteiger partial charge in [0.05, 0.1) is 43.7 Å². The number of hydrogen-bond acceptors (Lipinski definition) is 8. The van der Waals surface area contributed by atoms with Gasteiger partial charge >= 0.3 is 0 Å². The zero-order valence-electron chi connectivity index (χ0n) is 17.6. The first-order valence-corrected chi connectivity index (χ1v) is 9.76.